The largest absolute Gasteiger partial charge is 0.497 e. The van der Waals surface area contributed by atoms with Gasteiger partial charge in [0.2, 0.25) is 5.78 Å². The van der Waals surface area contributed by atoms with Gasteiger partial charge in [0, 0.05) is 11.1 Å². The molecular weight excluding hydrogens is 512 g/mol. The van der Waals surface area contributed by atoms with Crippen molar-refractivity contribution in [2.75, 3.05) is 14.2 Å². The Kier molecular flexibility index (Phi) is 7.86. The van der Waals surface area contributed by atoms with Crippen molar-refractivity contribution in [2.24, 2.45) is 15.3 Å². The van der Waals surface area contributed by atoms with E-state index in [9.17, 15) is 22.9 Å². The number of ketones is 1. The van der Waals surface area contributed by atoms with Crippen LogP contribution in [0.1, 0.15) is 22.3 Å². The SMILES string of the molecule is COc1ccc(CN=NC2(S(=O)(=O)O)c3ccccc3/C(=N/NCc3ccc(OC)cc3)C(=O)C2O)cc1. The van der Waals surface area contributed by atoms with Gasteiger partial charge < -0.3 is 20.0 Å². The van der Waals surface area contributed by atoms with Gasteiger partial charge in [-0.2, -0.15) is 23.7 Å². The summed E-state index contributed by atoms with van der Waals surface area (Å²) in [5.74, 6) is 0.268. The van der Waals surface area contributed by atoms with Gasteiger partial charge in [-0.1, -0.05) is 48.5 Å². The highest BCUT2D eigenvalue weighted by Gasteiger charge is 2.60. The monoisotopic (exact) mass is 538 g/mol. The smallest absolute Gasteiger partial charge is 0.300 e. The van der Waals surface area contributed by atoms with Crippen LogP contribution in [-0.2, 0) is 32.9 Å². The van der Waals surface area contributed by atoms with Crippen molar-refractivity contribution in [3.05, 3.63) is 95.1 Å². The van der Waals surface area contributed by atoms with Crippen molar-refractivity contribution in [1.29, 1.82) is 0 Å². The molecule has 0 saturated heterocycles. The zero-order valence-electron chi connectivity index (χ0n) is 20.6. The van der Waals surface area contributed by atoms with E-state index in [2.05, 4.69) is 20.8 Å². The molecule has 3 aromatic rings. The molecule has 0 bridgehead atoms. The van der Waals surface area contributed by atoms with E-state index in [-0.39, 0.29) is 29.9 Å². The predicted molar refractivity (Wildman–Crippen MR) is 139 cm³/mol. The minimum atomic E-state index is -5.18. The molecule has 198 valence electrons. The lowest BCUT2D eigenvalue weighted by atomic mass is 9.83. The highest BCUT2D eigenvalue weighted by molar-refractivity contribution is 7.86. The number of nitrogens with one attached hydrogen (secondary N) is 1. The van der Waals surface area contributed by atoms with Gasteiger partial charge >= 0.3 is 10.1 Å². The molecule has 3 N–H and O–H groups in total. The van der Waals surface area contributed by atoms with Crippen LogP contribution in [0.4, 0.5) is 0 Å². The second kappa shape index (κ2) is 11.1. The normalized spacial score (nSPS) is 20.4. The van der Waals surface area contributed by atoms with Crippen LogP contribution in [0.2, 0.25) is 0 Å². The Morgan fingerprint density at radius 1 is 0.921 bits per heavy atom. The molecule has 1 aliphatic carbocycles. The van der Waals surface area contributed by atoms with Gasteiger partial charge in [-0.25, -0.2) is 0 Å². The summed E-state index contributed by atoms with van der Waals surface area (Å²) in [5, 5.41) is 23.0. The molecule has 0 amide bonds. The first-order valence-corrected chi connectivity index (χ1v) is 12.9. The average molecular weight is 539 g/mol. The lowest BCUT2D eigenvalue weighted by molar-refractivity contribution is -0.122. The summed E-state index contributed by atoms with van der Waals surface area (Å²) in [6.07, 6.45) is -2.30. The second-order valence-corrected chi connectivity index (χ2v) is 9.95. The van der Waals surface area contributed by atoms with Crippen LogP contribution in [0.5, 0.6) is 11.5 Å². The number of aliphatic hydroxyl groups excluding tert-OH is 1. The van der Waals surface area contributed by atoms with E-state index in [0.717, 1.165) is 5.56 Å². The zero-order valence-corrected chi connectivity index (χ0v) is 21.4. The maximum absolute atomic E-state index is 13.3. The molecule has 4 rings (SSSR count). The van der Waals surface area contributed by atoms with Gasteiger partial charge in [0.1, 0.15) is 17.2 Å². The van der Waals surface area contributed by atoms with E-state index in [1.54, 1.807) is 49.6 Å². The first kappa shape index (κ1) is 26.9. The summed E-state index contributed by atoms with van der Waals surface area (Å²) in [6.45, 7) is 0.165. The maximum Gasteiger partial charge on any atom is 0.300 e. The van der Waals surface area contributed by atoms with Crippen molar-refractivity contribution in [2.45, 2.75) is 24.1 Å². The van der Waals surface area contributed by atoms with Crippen molar-refractivity contribution >= 4 is 21.6 Å². The highest BCUT2D eigenvalue weighted by Crippen LogP contribution is 2.42. The van der Waals surface area contributed by atoms with Crippen molar-refractivity contribution in [3.8, 4) is 11.5 Å². The fourth-order valence-corrected chi connectivity index (χ4v) is 5.06. The van der Waals surface area contributed by atoms with Crippen LogP contribution in [0.15, 0.2) is 88.1 Å². The van der Waals surface area contributed by atoms with Gasteiger partial charge in [-0.05, 0) is 35.4 Å². The van der Waals surface area contributed by atoms with Crippen LogP contribution >= 0.6 is 0 Å². The quantitative estimate of drug-likeness (QED) is 0.213. The van der Waals surface area contributed by atoms with Crippen molar-refractivity contribution < 1.29 is 32.3 Å². The Bertz CT molecular complexity index is 1470. The number of hydrazone groups is 1. The van der Waals surface area contributed by atoms with Gasteiger partial charge in [-0.15, -0.1) is 0 Å². The van der Waals surface area contributed by atoms with Crippen molar-refractivity contribution in [3.63, 3.8) is 0 Å². The molecular formula is C26H26N4O7S. The van der Waals surface area contributed by atoms with E-state index in [4.69, 9.17) is 9.47 Å². The maximum atomic E-state index is 13.3. The molecule has 12 heteroatoms. The summed E-state index contributed by atoms with van der Waals surface area (Å²) in [7, 11) is -2.10. The molecule has 38 heavy (non-hydrogen) atoms. The Labute approximate surface area is 219 Å². The number of benzene rings is 3. The molecule has 0 saturated carbocycles. The van der Waals surface area contributed by atoms with E-state index in [1.165, 1.54) is 25.3 Å². The van der Waals surface area contributed by atoms with E-state index in [0.29, 0.717) is 17.1 Å². The molecule has 11 nitrogen and oxygen atoms in total. The summed E-state index contributed by atoms with van der Waals surface area (Å²) in [6, 6.07) is 19.8. The summed E-state index contributed by atoms with van der Waals surface area (Å²) in [4.78, 5) is 10.5. The third kappa shape index (κ3) is 5.14. The van der Waals surface area contributed by atoms with Gasteiger partial charge in [-0.3, -0.25) is 9.35 Å². The first-order valence-electron chi connectivity index (χ1n) is 11.5. The number of Topliss-reactive ketones (excluding diaryl/α,β-unsaturated/α-hetero) is 1. The van der Waals surface area contributed by atoms with Gasteiger partial charge in [0.05, 0.1) is 27.3 Å². The molecule has 3 aromatic carbocycles. The minimum Gasteiger partial charge on any atom is -0.497 e. The number of hydrogen-bond donors (Lipinski definition) is 3. The molecule has 2 atom stereocenters. The molecule has 0 radical (unpaired) electrons. The summed E-state index contributed by atoms with van der Waals surface area (Å²) in [5.41, 5.74) is 4.04. The molecule has 0 heterocycles. The fraction of sp³-hybridized carbons (Fsp3) is 0.231. The average Bonchev–Trinajstić information content (AvgIpc) is 2.92. The number of methoxy groups -OCH3 is 2. The van der Waals surface area contributed by atoms with Crippen molar-refractivity contribution in [1.82, 2.24) is 5.43 Å². The third-order valence-electron chi connectivity index (χ3n) is 6.08. The van der Waals surface area contributed by atoms with Crippen LogP contribution in [-0.4, -0.2) is 49.9 Å². The predicted octanol–water partition coefficient (Wildman–Crippen LogP) is 2.83. The Balaban J connectivity index is 1.69. The number of carbonyl (C=O) groups excluding carboxylic acids is 1. The summed E-state index contributed by atoms with van der Waals surface area (Å²) < 4.78 is 45.9. The van der Waals surface area contributed by atoms with Crippen LogP contribution < -0.4 is 14.9 Å². The molecule has 0 fully saturated rings. The fourth-order valence-electron chi connectivity index (χ4n) is 4.05. The van der Waals surface area contributed by atoms with Crippen LogP contribution in [0.25, 0.3) is 0 Å². The summed E-state index contributed by atoms with van der Waals surface area (Å²) >= 11 is 0. The molecule has 0 aromatic heterocycles. The van der Waals surface area contributed by atoms with E-state index < -0.39 is 26.9 Å². The van der Waals surface area contributed by atoms with Gasteiger partial charge in [0.25, 0.3) is 4.87 Å². The number of rotatable bonds is 9. The van der Waals surface area contributed by atoms with E-state index >= 15 is 0 Å². The number of carbonyl (C=O) groups is 1. The van der Waals surface area contributed by atoms with Gasteiger partial charge in [0.15, 0.2) is 6.10 Å². The lowest BCUT2D eigenvalue weighted by Crippen LogP contribution is -2.55. The number of fused-ring (bicyclic) bond motifs is 1. The van der Waals surface area contributed by atoms with Crippen LogP contribution in [0.3, 0.4) is 0 Å². The number of azo groups is 1. The number of ether oxygens (including phenoxy) is 2. The molecule has 1 aliphatic rings. The first-order chi connectivity index (χ1) is 18.2. The molecule has 2 unspecified atom stereocenters. The highest BCUT2D eigenvalue weighted by atomic mass is 32.2. The zero-order chi connectivity index (χ0) is 27.3. The third-order valence-corrected chi connectivity index (χ3v) is 7.39. The van der Waals surface area contributed by atoms with Crippen LogP contribution in [0, 0.1) is 0 Å². The van der Waals surface area contributed by atoms with E-state index in [1.807, 2.05) is 12.1 Å². The topological polar surface area (TPSA) is 159 Å². The number of nitrogens with zero attached hydrogens (tertiary/aromatic N) is 3. The standard InChI is InChI=1S/C26H26N4O7S/c1-36-19-11-7-17(8-12-19)15-27-29-23-21-5-3-4-6-22(21)26(38(33,34)35,25(32)24(23)31)30-28-16-18-9-13-20(37-2)14-10-18/h3-14,25,27,32H,15-16H2,1-2H3,(H,33,34,35)/b29-23-,30-28?. The second-order valence-electron chi connectivity index (χ2n) is 8.37. The molecule has 0 aliphatic heterocycles. The lowest BCUT2D eigenvalue weighted by Gasteiger charge is -2.35. The molecule has 0 spiro atoms. The Hall–Kier alpha value is -4.13. The number of aliphatic hydroxyl groups is 1. The minimum absolute atomic E-state index is 0.0747. The number of hydrogen-bond acceptors (Lipinski definition) is 10. The Morgan fingerprint density at radius 2 is 1.50 bits per heavy atom. The Morgan fingerprint density at radius 3 is 2.08 bits per heavy atom.